The standard InChI is InChI=1S/C15H15ClN2O2/c1-9-15(10(2)20-18-9)12(8-17)6-11-4-5-14(19-3)13(16)7-11/h4-5,7,12H,6H2,1-3H3. The van der Waals surface area contributed by atoms with E-state index >= 15 is 0 Å². The molecule has 0 aliphatic carbocycles. The van der Waals surface area contributed by atoms with Gasteiger partial charge in [0, 0.05) is 5.56 Å². The fraction of sp³-hybridized carbons (Fsp3) is 0.333. The van der Waals surface area contributed by atoms with Crippen molar-refractivity contribution in [2.24, 2.45) is 0 Å². The van der Waals surface area contributed by atoms with Gasteiger partial charge in [0.25, 0.3) is 0 Å². The van der Waals surface area contributed by atoms with Crippen LogP contribution < -0.4 is 4.74 Å². The summed E-state index contributed by atoms with van der Waals surface area (Å²) in [4.78, 5) is 0. The molecule has 1 aromatic carbocycles. The van der Waals surface area contributed by atoms with Crippen LogP contribution in [0.5, 0.6) is 5.75 Å². The monoisotopic (exact) mass is 290 g/mol. The van der Waals surface area contributed by atoms with Gasteiger partial charge in [-0.1, -0.05) is 22.8 Å². The first kappa shape index (κ1) is 14.4. The molecule has 0 spiro atoms. The van der Waals surface area contributed by atoms with Crippen LogP contribution in [0.3, 0.4) is 0 Å². The van der Waals surface area contributed by atoms with Crippen molar-refractivity contribution >= 4 is 11.6 Å². The number of aromatic nitrogens is 1. The molecule has 0 fully saturated rings. The molecule has 1 heterocycles. The van der Waals surface area contributed by atoms with E-state index in [1.807, 2.05) is 26.0 Å². The van der Waals surface area contributed by atoms with Crippen LogP contribution in [-0.4, -0.2) is 12.3 Å². The van der Waals surface area contributed by atoms with Crippen molar-refractivity contribution in [1.29, 1.82) is 5.26 Å². The maximum absolute atomic E-state index is 9.40. The van der Waals surface area contributed by atoms with Gasteiger partial charge in [0.2, 0.25) is 0 Å². The van der Waals surface area contributed by atoms with Gasteiger partial charge in [-0.3, -0.25) is 0 Å². The first-order valence-electron chi connectivity index (χ1n) is 6.21. The van der Waals surface area contributed by atoms with E-state index in [2.05, 4.69) is 11.2 Å². The molecule has 0 N–H and O–H groups in total. The number of methoxy groups -OCH3 is 1. The van der Waals surface area contributed by atoms with Crippen molar-refractivity contribution in [3.05, 3.63) is 45.8 Å². The molecule has 0 radical (unpaired) electrons. The van der Waals surface area contributed by atoms with Crippen LogP contribution in [0, 0.1) is 25.2 Å². The van der Waals surface area contributed by atoms with E-state index in [0.29, 0.717) is 23.0 Å². The number of halogens is 1. The van der Waals surface area contributed by atoms with Gasteiger partial charge in [0.1, 0.15) is 11.5 Å². The molecule has 4 nitrogen and oxygen atoms in total. The third-order valence-corrected chi connectivity index (χ3v) is 3.54. The normalized spacial score (nSPS) is 11.9. The lowest BCUT2D eigenvalue weighted by Gasteiger charge is -2.10. The zero-order valence-corrected chi connectivity index (χ0v) is 12.4. The molecule has 2 aromatic rings. The maximum atomic E-state index is 9.40. The molecule has 1 atom stereocenters. The molecule has 0 aliphatic heterocycles. The van der Waals surface area contributed by atoms with Crippen LogP contribution in [0.1, 0.15) is 28.5 Å². The summed E-state index contributed by atoms with van der Waals surface area (Å²) in [5.74, 6) is 1.01. The Hall–Kier alpha value is -1.99. The minimum absolute atomic E-state index is 0.300. The predicted molar refractivity (Wildman–Crippen MR) is 76.0 cm³/mol. The van der Waals surface area contributed by atoms with Gasteiger partial charge < -0.3 is 9.26 Å². The number of hydrogen-bond acceptors (Lipinski definition) is 4. The van der Waals surface area contributed by atoms with Crippen molar-refractivity contribution < 1.29 is 9.26 Å². The van der Waals surface area contributed by atoms with Gasteiger partial charge in [-0.2, -0.15) is 5.26 Å². The number of ether oxygens (including phenoxy) is 1. The molecule has 0 amide bonds. The molecular formula is C15H15ClN2O2. The first-order valence-corrected chi connectivity index (χ1v) is 6.59. The molecule has 1 unspecified atom stereocenters. The zero-order valence-electron chi connectivity index (χ0n) is 11.6. The van der Waals surface area contributed by atoms with Crippen LogP contribution in [-0.2, 0) is 6.42 Å². The van der Waals surface area contributed by atoms with Crippen molar-refractivity contribution in [3.8, 4) is 11.8 Å². The van der Waals surface area contributed by atoms with Gasteiger partial charge in [0.15, 0.2) is 0 Å². The molecule has 0 saturated heterocycles. The molecule has 0 saturated carbocycles. The van der Waals surface area contributed by atoms with E-state index in [9.17, 15) is 5.26 Å². The summed E-state index contributed by atoms with van der Waals surface area (Å²) < 4.78 is 10.2. The highest BCUT2D eigenvalue weighted by Crippen LogP contribution is 2.30. The molecule has 5 heteroatoms. The van der Waals surface area contributed by atoms with Crippen LogP contribution in [0.15, 0.2) is 22.7 Å². The molecule has 2 rings (SSSR count). The smallest absolute Gasteiger partial charge is 0.138 e. The largest absolute Gasteiger partial charge is 0.495 e. The number of nitriles is 1. The number of benzene rings is 1. The Bertz CT molecular complexity index is 639. The summed E-state index contributed by atoms with van der Waals surface area (Å²) in [5.41, 5.74) is 2.59. The summed E-state index contributed by atoms with van der Waals surface area (Å²) in [6.07, 6.45) is 0.559. The molecule has 0 aliphatic rings. The first-order chi connectivity index (χ1) is 9.56. The van der Waals surface area contributed by atoms with Crippen molar-refractivity contribution in [2.75, 3.05) is 7.11 Å². The highest BCUT2D eigenvalue weighted by atomic mass is 35.5. The van der Waals surface area contributed by atoms with Crippen LogP contribution in [0.2, 0.25) is 5.02 Å². The Morgan fingerprint density at radius 2 is 2.20 bits per heavy atom. The lowest BCUT2D eigenvalue weighted by molar-refractivity contribution is 0.392. The van der Waals surface area contributed by atoms with Crippen LogP contribution in [0.4, 0.5) is 0 Å². The second kappa shape index (κ2) is 5.98. The van der Waals surface area contributed by atoms with Gasteiger partial charge in [-0.15, -0.1) is 0 Å². The van der Waals surface area contributed by atoms with Gasteiger partial charge in [-0.25, -0.2) is 0 Å². The minimum Gasteiger partial charge on any atom is -0.495 e. The fourth-order valence-corrected chi connectivity index (χ4v) is 2.55. The Labute approximate surface area is 122 Å². The Kier molecular flexibility index (Phi) is 4.31. The van der Waals surface area contributed by atoms with E-state index in [4.69, 9.17) is 20.9 Å². The predicted octanol–water partition coefficient (Wildman–Crippen LogP) is 3.80. The average Bonchev–Trinajstić information content (AvgIpc) is 2.76. The Morgan fingerprint density at radius 1 is 1.45 bits per heavy atom. The van der Waals surface area contributed by atoms with E-state index in [0.717, 1.165) is 16.8 Å². The SMILES string of the molecule is COc1ccc(CC(C#N)c2c(C)noc2C)cc1Cl. The van der Waals surface area contributed by atoms with Gasteiger partial charge in [-0.05, 0) is 38.0 Å². The number of rotatable bonds is 4. The molecule has 104 valence electrons. The van der Waals surface area contributed by atoms with Gasteiger partial charge >= 0.3 is 0 Å². The van der Waals surface area contributed by atoms with Gasteiger partial charge in [0.05, 0.1) is 29.8 Å². The number of aryl methyl sites for hydroxylation is 2. The van der Waals surface area contributed by atoms with E-state index in [-0.39, 0.29) is 5.92 Å². The number of hydrogen-bond donors (Lipinski definition) is 0. The van der Waals surface area contributed by atoms with Crippen molar-refractivity contribution in [3.63, 3.8) is 0 Å². The fourth-order valence-electron chi connectivity index (χ4n) is 2.27. The van der Waals surface area contributed by atoms with Crippen molar-refractivity contribution in [1.82, 2.24) is 5.16 Å². The maximum Gasteiger partial charge on any atom is 0.138 e. The second-order valence-corrected chi connectivity index (χ2v) is 5.00. The zero-order chi connectivity index (χ0) is 14.7. The summed E-state index contributed by atoms with van der Waals surface area (Å²) in [5, 5.41) is 13.8. The highest BCUT2D eigenvalue weighted by molar-refractivity contribution is 6.32. The molecule has 20 heavy (non-hydrogen) atoms. The van der Waals surface area contributed by atoms with Crippen LogP contribution in [0.25, 0.3) is 0 Å². The average molecular weight is 291 g/mol. The second-order valence-electron chi connectivity index (χ2n) is 4.59. The number of nitrogens with zero attached hydrogens (tertiary/aromatic N) is 2. The highest BCUT2D eigenvalue weighted by Gasteiger charge is 2.21. The topological polar surface area (TPSA) is 59.0 Å². The molecular weight excluding hydrogens is 276 g/mol. The summed E-state index contributed by atoms with van der Waals surface area (Å²) in [6, 6.07) is 7.85. The summed E-state index contributed by atoms with van der Waals surface area (Å²) >= 11 is 6.10. The Morgan fingerprint density at radius 3 is 2.70 bits per heavy atom. The van der Waals surface area contributed by atoms with E-state index < -0.39 is 0 Å². The minimum atomic E-state index is -0.300. The van der Waals surface area contributed by atoms with Crippen molar-refractivity contribution in [2.45, 2.75) is 26.2 Å². The summed E-state index contributed by atoms with van der Waals surface area (Å²) in [7, 11) is 1.57. The third kappa shape index (κ3) is 2.78. The molecule has 0 bridgehead atoms. The lowest BCUT2D eigenvalue weighted by Crippen LogP contribution is -2.03. The van der Waals surface area contributed by atoms with E-state index in [1.54, 1.807) is 13.2 Å². The summed E-state index contributed by atoms with van der Waals surface area (Å²) in [6.45, 7) is 3.66. The van der Waals surface area contributed by atoms with E-state index in [1.165, 1.54) is 0 Å². The molecule has 1 aromatic heterocycles. The third-order valence-electron chi connectivity index (χ3n) is 3.25. The quantitative estimate of drug-likeness (QED) is 0.859. The Balaban J connectivity index is 2.28. The lowest BCUT2D eigenvalue weighted by atomic mass is 9.92. The van der Waals surface area contributed by atoms with Crippen LogP contribution >= 0.6 is 11.6 Å².